The average Bonchev–Trinajstić information content (AvgIpc) is 2.45. The second kappa shape index (κ2) is 7.66. The summed E-state index contributed by atoms with van der Waals surface area (Å²) in [5.74, 6) is 0. The summed E-state index contributed by atoms with van der Waals surface area (Å²) in [5.41, 5.74) is 1.53. The molecular weight excluding hydrogens is 276 g/mol. The zero-order valence-corrected chi connectivity index (χ0v) is 14.8. The highest BCUT2D eigenvalue weighted by Gasteiger charge is 2.25. The Hall–Kier alpha value is -0.510. The van der Waals surface area contributed by atoms with Crippen molar-refractivity contribution in [3.8, 4) is 0 Å². The smallest absolute Gasteiger partial charge is 0.0360 e. The molecule has 0 saturated carbocycles. The van der Waals surface area contributed by atoms with Crippen LogP contribution in [0.25, 0.3) is 0 Å². The standard InChI is InChI=1S/C18H30N2S/c1-5-8-16(20-13-11-19-12-14-20)15-9-6-7-10-17(15)21-18(2,3)4/h6-7,9-10,16,19H,5,8,11-14H2,1-4H3/t16-/m0/s1. The Morgan fingerprint density at radius 1 is 1.19 bits per heavy atom. The van der Waals surface area contributed by atoms with Gasteiger partial charge in [0.1, 0.15) is 0 Å². The lowest BCUT2D eigenvalue weighted by Crippen LogP contribution is -2.45. The molecule has 1 aliphatic heterocycles. The van der Waals surface area contributed by atoms with Crippen LogP contribution < -0.4 is 5.32 Å². The van der Waals surface area contributed by atoms with E-state index in [2.05, 4.69) is 62.2 Å². The molecule has 0 aliphatic carbocycles. The maximum absolute atomic E-state index is 3.47. The molecule has 1 saturated heterocycles. The highest BCUT2D eigenvalue weighted by atomic mass is 32.2. The molecule has 1 heterocycles. The molecule has 1 N–H and O–H groups in total. The summed E-state index contributed by atoms with van der Waals surface area (Å²) in [6, 6.07) is 9.60. The largest absolute Gasteiger partial charge is 0.314 e. The van der Waals surface area contributed by atoms with Crippen LogP contribution in [0.2, 0.25) is 0 Å². The van der Waals surface area contributed by atoms with E-state index in [0.717, 1.165) is 13.1 Å². The van der Waals surface area contributed by atoms with Gasteiger partial charge in [-0.05, 0) is 18.1 Å². The van der Waals surface area contributed by atoms with Gasteiger partial charge in [0.25, 0.3) is 0 Å². The maximum atomic E-state index is 3.47. The second-order valence-corrected chi connectivity index (χ2v) is 8.71. The fraction of sp³-hybridized carbons (Fsp3) is 0.667. The number of hydrogen-bond donors (Lipinski definition) is 1. The predicted molar refractivity (Wildman–Crippen MR) is 94.1 cm³/mol. The van der Waals surface area contributed by atoms with Gasteiger partial charge in [-0.2, -0.15) is 0 Å². The highest BCUT2D eigenvalue weighted by Crippen LogP contribution is 2.39. The topological polar surface area (TPSA) is 15.3 Å². The highest BCUT2D eigenvalue weighted by molar-refractivity contribution is 8.00. The lowest BCUT2D eigenvalue weighted by atomic mass is 10.00. The van der Waals surface area contributed by atoms with Crippen molar-refractivity contribution in [3.05, 3.63) is 29.8 Å². The van der Waals surface area contributed by atoms with Crippen molar-refractivity contribution in [1.29, 1.82) is 0 Å². The Morgan fingerprint density at radius 2 is 1.86 bits per heavy atom. The van der Waals surface area contributed by atoms with Crippen molar-refractivity contribution < 1.29 is 0 Å². The van der Waals surface area contributed by atoms with E-state index < -0.39 is 0 Å². The summed E-state index contributed by atoms with van der Waals surface area (Å²) < 4.78 is 0.260. The van der Waals surface area contributed by atoms with Gasteiger partial charge in [0.15, 0.2) is 0 Å². The molecule has 0 spiro atoms. The van der Waals surface area contributed by atoms with E-state index in [1.807, 2.05) is 11.8 Å². The van der Waals surface area contributed by atoms with Crippen LogP contribution >= 0.6 is 11.8 Å². The van der Waals surface area contributed by atoms with Crippen molar-refractivity contribution in [2.24, 2.45) is 0 Å². The van der Waals surface area contributed by atoms with Crippen LogP contribution in [0.1, 0.15) is 52.1 Å². The van der Waals surface area contributed by atoms with Crippen LogP contribution in [0.5, 0.6) is 0 Å². The van der Waals surface area contributed by atoms with Gasteiger partial charge < -0.3 is 5.32 Å². The molecule has 118 valence electrons. The minimum absolute atomic E-state index is 0.260. The molecule has 21 heavy (non-hydrogen) atoms. The molecule has 0 amide bonds. The van der Waals surface area contributed by atoms with E-state index >= 15 is 0 Å². The van der Waals surface area contributed by atoms with E-state index in [4.69, 9.17) is 0 Å². The number of rotatable bonds is 5. The molecule has 1 aliphatic rings. The third-order valence-electron chi connectivity index (χ3n) is 3.85. The minimum Gasteiger partial charge on any atom is -0.314 e. The molecular formula is C18H30N2S. The zero-order valence-electron chi connectivity index (χ0n) is 14.0. The van der Waals surface area contributed by atoms with Crippen LogP contribution in [0.4, 0.5) is 0 Å². The maximum Gasteiger partial charge on any atom is 0.0360 e. The summed E-state index contributed by atoms with van der Waals surface area (Å²) in [6.45, 7) is 13.8. The van der Waals surface area contributed by atoms with Crippen molar-refractivity contribution in [1.82, 2.24) is 10.2 Å². The number of nitrogens with one attached hydrogen (secondary N) is 1. The fourth-order valence-electron chi connectivity index (χ4n) is 2.98. The van der Waals surface area contributed by atoms with Gasteiger partial charge in [-0.1, -0.05) is 52.3 Å². The lowest BCUT2D eigenvalue weighted by molar-refractivity contribution is 0.163. The van der Waals surface area contributed by atoms with Gasteiger partial charge in [0, 0.05) is 41.9 Å². The first kappa shape index (κ1) is 16.9. The van der Waals surface area contributed by atoms with E-state index in [-0.39, 0.29) is 4.75 Å². The van der Waals surface area contributed by atoms with Gasteiger partial charge in [-0.3, -0.25) is 4.90 Å². The van der Waals surface area contributed by atoms with E-state index in [9.17, 15) is 0 Å². The number of hydrogen-bond acceptors (Lipinski definition) is 3. The number of thioether (sulfide) groups is 1. The van der Waals surface area contributed by atoms with E-state index in [1.54, 1.807) is 0 Å². The zero-order chi connectivity index (χ0) is 15.3. The minimum atomic E-state index is 0.260. The second-order valence-electron chi connectivity index (χ2n) is 6.84. The Balaban J connectivity index is 2.26. The molecule has 1 fully saturated rings. The predicted octanol–water partition coefficient (Wildman–Crippen LogP) is 4.32. The van der Waals surface area contributed by atoms with Gasteiger partial charge in [-0.15, -0.1) is 11.8 Å². The average molecular weight is 307 g/mol. The molecule has 2 nitrogen and oxygen atoms in total. The number of benzene rings is 1. The van der Waals surface area contributed by atoms with Crippen molar-refractivity contribution in [3.63, 3.8) is 0 Å². The first-order valence-electron chi connectivity index (χ1n) is 8.24. The molecule has 0 bridgehead atoms. The first-order valence-corrected chi connectivity index (χ1v) is 9.05. The number of nitrogens with zero attached hydrogens (tertiary/aromatic N) is 1. The first-order chi connectivity index (χ1) is 10.0. The monoisotopic (exact) mass is 306 g/mol. The van der Waals surface area contributed by atoms with Crippen molar-refractivity contribution >= 4 is 11.8 Å². The van der Waals surface area contributed by atoms with Crippen molar-refractivity contribution in [2.75, 3.05) is 26.2 Å². The van der Waals surface area contributed by atoms with Crippen molar-refractivity contribution in [2.45, 2.75) is 56.2 Å². The number of piperazine rings is 1. The molecule has 0 unspecified atom stereocenters. The molecule has 3 heteroatoms. The Labute approximate surface area is 134 Å². The fourth-order valence-corrected chi connectivity index (χ4v) is 4.11. The third kappa shape index (κ3) is 5.01. The molecule has 0 aromatic heterocycles. The normalized spacial score (nSPS) is 18.7. The van der Waals surface area contributed by atoms with Crippen LogP contribution in [0.15, 0.2) is 29.2 Å². The summed E-state index contributed by atoms with van der Waals surface area (Å²) in [7, 11) is 0. The van der Waals surface area contributed by atoms with Gasteiger partial charge >= 0.3 is 0 Å². The lowest BCUT2D eigenvalue weighted by Gasteiger charge is -2.36. The third-order valence-corrected chi connectivity index (χ3v) is 5.05. The molecule has 1 aromatic carbocycles. The van der Waals surface area contributed by atoms with Gasteiger partial charge in [0.05, 0.1) is 0 Å². The Kier molecular flexibility index (Phi) is 6.15. The summed E-state index contributed by atoms with van der Waals surface area (Å²) in [4.78, 5) is 4.13. The summed E-state index contributed by atoms with van der Waals surface area (Å²) >= 11 is 2.00. The summed E-state index contributed by atoms with van der Waals surface area (Å²) in [6.07, 6.45) is 2.49. The van der Waals surface area contributed by atoms with Crippen LogP contribution in [-0.2, 0) is 0 Å². The van der Waals surface area contributed by atoms with Crippen LogP contribution in [0.3, 0.4) is 0 Å². The SMILES string of the molecule is CCC[C@@H](c1ccccc1SC(C)(C)C)N1CCNCC1. The van der Waals surface area contributed by atoms with E-state index in [0.29, 0.717) is 6.04 Å². The molecule has 1 aromatic rings. The van der Waals surface area contributed by atoms with Crippen LogP contribution in [0, 0.1) is 0 Å². The molecule has 0 radical (unpaired) electrons. The quantitative estimate of drug-likeness (QED) is 0.815. The molecule has 2 rings (SSSR count). The van der Waals surface area contributed by atoms with E-state index in [1.165, 1.54) is 36.4 Å². The van der Waals surface area contributed by atoms with Crippen LogP contribution in [-0.4, -0.2) is 35.8 Å². The van der Waals surface area contributed by atoms with Gasteiger partial charge in [-0.25, -0.2) is 0 Å². The van der Waals surface area contributed by atoms with Gasteiger partial charge in [0.2, 0.25) is 0 Å². The Bertz CT molecular complexity index is 433. The Morgan fingerprint density at radius 3 is 2.48 bits per heavy atom. The summed E-state index contributed by atoms with van der Waals surface area (Å²) in [5, 5.41) is 3.47. The molecule has 1 atom stereocenters.